The minimum atomic E-state index is -0.209. The molecule has 1 aromatic rings. The molecule has 1 atom stereocenters. The molecule has 3 aliphatic rings. The van der Waals surface area contributed by atoms with Gasteiger partial charge in [0.15, 0.2) is 0 Å². The number of nitrogens with one attached hydrogen (secondary N) is 1. The lowest BCUT2D eigenvalue weighted by molar-refractivity contribution is -0.129. The third-order valence-corrected chi connectivity index (χ3v) is 6.00. The van der Waals surface area contributed by atoms with E-state index in [0.717, 1.165) is 19.4 Å². The number of furan rings is 1. The van der Waals surface area contributed by atoms with Gasteiger partial charge in [-0.1, -0.05) is 0 Å². The number of likely N-dealkylation sites (tertiary alicyclic amines) is 2. The van der Waals surface area contributed by atoms with Crippen LogP contribution in [0.15, 0.2) is 23.0 Å². The van der Waals surface area contributed by atoms with Gasteiger partial charge < -0.3 is 19.5 Å². The van der Waals surface area contributed by atoms with Crippen molar-refractivity contribution in [3.05, 3.63) is 24.2 Å². The quantitative estimate of drug-likeness (QED) is 0.819. The molecule has 1 aliphatic carbocycles. The smallest absolute Gasteiger partial charge is 0.257 e. The molecule has 146 valence electrons. The predicted molar refractivity (Wildman–Crippen MR) is 97.8 cm³/mol. The van der Waals surface area contributed by atoms with Crippen LogP contribution in [0.2, 0.25) is 0 Å². The summed E-state index contributed by atoms with van der Waals surface area (Å²) in [4.78, 5) is 40.6. The number of amides is 3. The van der Waals surface area contributed by atoms with Gasteiger partial charge in [0, 0.05) is 39.1 Å². The summed E-state index contributed by atoms with van der Waals surface area (Å²) in [5, 5.41) is 2.99. The van der Waals surface area contributed by atoms with Crippen molar-refractivity contribution < 1.29 is 18.8 Å². The van der Waals surface area contributed by atoms with E-state index in [-0.39, 0.29) is 23.6 Å². The summed E-state index contributed by atoms with van der Waals surface area (Å²) in [6.45, 7) is 3.37. The summed E-state index contributed by atoms with van der Waals surface area (Å²) in [6, 6.07) is 1.69. The molecule has 0 bridgehead atoms. The molecule has 1 saturated carbocycles. The van der Waals surface area contributed by atoms with Crippen LogP contribution >= 0.6 is 0 Å². The number of hydrogen-bond donors (Lipinski definition) is 1. The number of carbonyl (C=O) groups is 3. The Morgan fingerprint density at radius 2 is 1.93 bits per heavy atom. The second-order valence-corrected chi connectivity index (χ2v) is 8.14. The third-order valence-electron chi connectivity index (χ3n) is 6.00. The molecule has 2 aliphatic heterocycles. The summed E-state index contributed by atoms with van der Waals surface area (Å²) >= 11 is 0. The van der Waals surface area contributed by atoms with Crippen LogP contribution in [0.3, 0.4) is 0 Å². The fraction of sp³-hybridized carbons (Fsp3) is 0.650. The van der Waals surface area contributed by atoms with Gasteiger partial charge in [-0.3, -0.25) is 14.4 Å². The fourth-order valence-electron chi connectivity index (χ4n) is 4.03. The first kappa shape index (κ1) is 18.1. The van der Waals surface area contributed by atoms with E-state index in [1.807, 2.05) is 9.80 Å². The van der Waals surface area contributed by atoms with E-state index in [0.29, 0.717) is 50.0 Å². The van der Waals surface area contributed by atoms with Gasteiger partial charge in [0.2, 0.25) is 11.8 Å². The van der Waals surface area contributed by atoms with Crippen LogP contribution in [0.25, 0.3) is 0 Å². The molecule has 3 heterocycles. The zero-order valence-electron chi connectivity index (χ0n) is 15.6. The molecule has 4 rings (SSSR count). The molecule has 27 heavy (non-hydrogen) atoms. The minimum absolute atomic E-state index is 0.00634. The first-order valence-corrected chi connectivity index (χ1v) is 9.97. The van der Waals surface area contributed by atoms with E-state index in [4.69, 9.17) is 4.42 Å². The van der Waals surface area contributed by atoms with Gasteiger partial charge in [-0.15, -0.1) is 0 Å². The van der Waals surface area contributed by atoms with Gasteiger partial charge in [-0.2, -0.15) is 0 Å². The van der Waals surface area contributed by atoms with E-state index in [1.165, 1.54) is 25.4 Å². The number of carbonyl (C=O) groups excluding carboxylic acids is 3. The molecule has 2 saturated heterocycles. The number of piperidine rings is 1. The van der Waals surface area contributed by atoms with Crippen molar-refractivity contribution in [1.29, 1.82) is 0 Å². The molecule has 7 heteroatoms. The predicted octanol–water partition coefficient (Wildman–Crippen LogP) is 1.51. The topological polar surface area (TPSA) is 82.9 Å². The standard InChI is InChI=1S/C20H27N3O4/c24-18-9-17(19(25)21-10-14-1-2-14)12-23(18)11-15-3-6-22(7-4-15)20(26)16-5-8-27-13-16/h5,8,13-15,17H,1-4,6-7,9-12H2,(H,21,25). The van der Waals surface area contributed by atoms with Crippen molar-refractivity contribution in [3.8, 4) is 0 Å². The number of rotatable bonds is 6. The Kier molecular flexibility index (Phi) is 5.18. The molecule has 0 spiro atoms. The molecule has 1 aromatic heterocycles. The lowest BCUT2D eigenvalue weighted by atomic mass is 9.96. The first-order chi connectivity index (χ1) is 13.1. The van der Waals surface area contributed by atoms with Crippen LogP contribution in [-0.2, 0) is 9.59 Å². The third kappa shape index (κ3) is 4.34. The Bertz CT molecular complexity index is 690. The molecule has 1 N–H and O–H groups in total. The maximum absolute atomic E-state index is 12.4. The Morgan fingerprint density at radius 1 is 1.15 bits per heavy atom. The van der Waals surface area contributed by atoms with E-state index in [2.05, 4.69) is 5.32 Å². The monoisotopic (exact) mass is 373 g/mol. The van der Waals surface area contributed by atoms with Crippen molar-refractivity contribution >= 4 is 17.7 Å². The van der Waals surface area contributed by atoms with Crippen molar-refractivity contribution in [2.75, 3.05) is 32.7 Å². The Balaban J connectivity index is 1.22. The van der Waals surface area contributed by atoms with E-state index in [1.54, 1.807) is 6.07 Å². The van der Waals surface area contributed by atoms with Crippen LogP contribution in [-0.4, -0.2) is 60.2 Å². The van der Waals surface area contributed by atoms with E-state index < -0.39 is 0 Å². The van der Waals surface area contributed by atoms with Gasteiger partial charge in [-0.25, -0.2) is 0 Å². The van der Waals surface area contributed by atoms with Gasteiger partial charge in [0.1, 0.15) is 6.26 Å². The highest BCUT2D eigenvalue weighted by Gasteiger charge is 2.36. The molecule has 7 nitrogen and oxygen atoms in total. The second-order valence-electron chi connectivity index (χ2n) is 8.14. The zero-order valence-corrected chi connectivity index (χ0v) is 15.6. The van der Waals surface area contributed by atoms with Crippen molar-refractivity contribution in [2.45, 2.75) is 32.1 Å². The lowest BCUT2D eigenvalue weighted by Crippen LogP contribution is -2.42. The number of hydrogen-bond acceptors (Lipinski definition) is 4. The van der Waals surface area contributed by atoms with Crippen LogP contribution in [0, 0.1) is 17.8 Å². The molecular formula is C20H27N3O4. The average Bonchev–Trinajstić information content (AvgIpc) is 3.20. The summed E-state index contributed by atoms with van der Waals surface area (Å²) in [6.07, 6.45) is 7.49. The van der Waals surface area contributed by atoms with Crippen molar-refractivity contribution in [3.63, 3.8) is 0 Å². The number of nitrogens with zero attached hydrogens (tertiary/aromatic N) is 2. The van der Waals surface area contributed by atoms with Crippen LogP contribution < -0.4 is 5.32 Å². The molecule has 3 amide bonds. The molecule has 1 unspecified atom stereocenters. The van der Waals surface area contributed by atoms with Crippen molar-refractivity contribution in [2.24, 2.45) is 17.8 Å². The summed E-state index contributed by atoms with van der Waals surface area (Å²) < 4.78 is 4.99. The van der Waals surface area contributed by atoms with Crippen LogP contribution in [0.4, 0.5) is 0 Å². The lowest BCUT2D eigenvalue weighted by Gasteiger charge is -2.33. The largest absolute Gasteiger partial charge is 0.472 e. The summed E-state index contributed by atoms with van der Waals surface area (Å²) in [5.74, 6) is 0.940. The van der Waals surface area contributed by atoms with E-state index >= 15 is 0 Å². The Labute approximate surface area is 159 Å². The molecular weight excluding hydrogens is 346 g/mol. The van der Waals surface area contributed by atoms with Crippen molar-refractivity contribution in [1.82, 2.24) is 15.1 Å². The van der Waals surface area contributed by atoms with E-state index in [9.17, 15) is 14.4 Å². The van der Waals surface area contributed by atoms with Gasteiger partial charge in [0.25, 0.3) is 5.91 Å². The highest BCUT2D eigenvalue weighted by atomic mass is 16.3. The SMILES string of the molecule is O=C(NCC1CC1)C1CC(=O)N(CC2CCN(C(=O)c3ccoc3)CC2)C1. The first-order valence-electron chi connectivity index (χ1n) is 9.97. The highest BCUT2D eigenvalue weighted by molar-refractivity contribution is 5.93. The van der Waals surface area contributed by atoms with Crippen LogP contribution in [0.1, 0.15) is 42.5 Å². The average molecular weight is 373 g/mol. The highest BCUT2D eigenvalue weighted by Crippen LogP contribution is 2.28. The fourth-order valence-corrected chi connectivity index (χ4v) is 4.03. The molecule has 3 fully saturated rings. The summed E-state index contributed by atoms with van der Waals surface area (Å²) in [7, 11) is 0. The second kappa shape index (κ2) is 7.74. The van der Waals surface area contributed by atoms with Crippen LogP contribution in [0.5, 0.6) is 0 Å². The maximum Gasteiger partial charge on any atom is 0.257 e. The zero-order chi connectivity index (χ0) is 18.8. The Morgan fingerprint density at radius 3 is 2.59 bits per heavy atom. The van der Waals surface area contributed by atoms with Gasteiger partial charge in [0.05, 0.1) is 17.7 Å². The normalized spacial score (nSPS) is 23.7. The Hall–Kier alpha value is -2.31. The summed E-state index contributed by atoms with van der Waals surface area (Å²) in [5.41, 5.74) is 0.586. The van der Waals surface area contributed by atoms with Gasteiger partial charge >= 0.3 is 0 Å². The minimum Gasteiger partial charge on any atom is -0.472 e. The molecule has 0 radical (unpaired) electrons. The van der Waals surface area contributed by atoms with Gasteiger partial charge in [-0.05, 0) is 43.6 Å². The maximum atomic E-state index is 12.4. The molecule has 0 aromatic carbocycles.